The Labute approximate surface area is 108 Å². The van der Waals surface area contributed by atoms with Crippen molar-refractivity contribution in [2.75, 3.05) is 19.7 Å². The Morgan fingerprint density at radius 3 is 2.50 bits per heavy atom. The molecule has 0 unspecified atom stereocenters. The SMILES string of the molecule is CCOC(=O)N1CCC(CC(N)=S)CC1.Cl. The summed E-state index contributed by atoms with van der Waals surface area (Å²) in [5.74, 6) is 0.535. The number of nitrogens with two attached hydrogens (primary N) is 1. The maximum Gasteiger partial charge on any atom is 0.409 e. The maximum atomic E-state index is 11.4. The number of ether oxygens (including phenoxy) is 1. The summed E-state index contributed by atoms with van der Waals surface area (Å²) in [5.41, 5.74) is 5.49. The summed E-state index contributed by atoms with van der Waals surface area (Å²) in [7, 11) is 0. The minimum absolute atomic E-state index is 0. The van der Waals surface area contributed by atoms with E-state index in [2.05, 4.69) is 0 Å². The second kappa shape index (κ2) is 7.68. The number of nitrogens with zero attached hydrogens (tertiary/aromatic N) is 1. The van der Waals surface area contributed by atoms with Crippen LogP contribution in [0.3, 0.4) is 0 Å². The van der Waals surface area contributed by atoms with Crippen molar-refractivity contribution in [3.8, 4) is 0 Å². The molecule has 1 aliphatic heterocycles. The van der Waals surface area contributed by atoms with Crippen molar-refractivity contribution >= 4 is 35.7 Å². The average Bonchev–Trinajstić information content (AvgIpc) is 2.18. The molecule has 0 saturated carbocycles. The average molecular weight is 267 g/mol. The molecule has 0 aromatic carbocycles. The van der Waals surface area contributed by atoms with E-state index in [-0.39, 0.29) is 18.5 Å². The number of thiocarbonyl (C=S) groups is 1. The predicted molar refractivity (Wildman–Crippen MR) is 70.0 cm³/mol. The van der Waals surface area contributed by atoms with Crippen molar-refractivity contribution in [2.24, 2.45) is 11.7 Å². The van der Waals surface area contributed by atoms with Crippen LogP contribution in [-0.4, -0.2) is 35.7 Å². The molecular formula is C10H19ClN2O2S. The van der Waals surface area contributed by atoms with Crippen molar-refractivity contribution in [3.63, 3.8) is 0 Å². The van der Waals surface area contributed by atoms with Crippen LogP contribution in [0.25, 0.3) is 0 Å². The smallest absolute Gasteiger partial charge is 0.409 e. The second-order valence-corrected chi connectivity index (χ2v) is 4.32. The number of piperidine rings is 1. The zero-order valence-electron chi connectivity index (χ0n) is 9.48. The maximum absolute atomic E-state index is 11.4. The van der Waals surface area contributed by atoms with Gasteiger partial charge in [-0.1, -0.05) is 12.2 Å². The number of hydrogen-bond donors (Lipinski definition) is 1. The predicted octanol–water partition coefficient (Wildman–Crippen LogP) is 1.95. The summed E-state index contributed by atoms with van der Waals surface area (Å²) < 4.78 is 4.93. The van der Waals surface area contributed by atoms with E-state index in [0.29, 0.717) is 17.5 Å². The zero-order valence-corrected chi connectivity index (χ0v) is 11.1. The molecule has 1 fully saturated rings. The molecular weight excluding hydrogens is 248 g/mol. The Hall–Kier alpha value is -0.550. The molecule has 1 rings (SSSR count). The molecule has 0 radical (unpaired) electrons. The Morgan fingerprint density at radius 2 is 2.06 bits per heavy atom. The summed E-state index contributed by atoms with van der Waals surface area (Å²) >= 11 is 4.87. The Balaban J connectivity index is 0.00000225. The molecule has 0 spiro atoms. The van der Waals surface area contributed by atoms with Crippen LogP contribution >= 0.6 is 24.6 Å². The fraction of sp³-hybridized carbons (Fsp3) is 0.800. The molecule has 0 atom stereocenters. The summed E-state index contributed by atoms with van der Waals surface area (Å²) in [6.07, 6.45) is 2.53. The molecule has 94 valence electrons. The zero-order chi connectivity index (χ0) is 11.3. The van der Waals surface area contributed by atoms with Gasteiger partial charge in [0.05, 0.1) is 11.6 Å². The molecule has 0 aromatic rings. The van der Waals surface area contributed by atoms with Gasteiger partial charge in [0.2, 0.25) is 0 Å². The number of likely N-dealkylation sites (tertiary alicyclic amines) is 1. The van der Waals surface area contributed by atoms with Crippen LogP contribution in [-0.2, 0) is 4.74 Å². The van der Waals surface area contributed by atoms with Crippen molar-refractivity contribution in [1.29, 1.82) is 0 Å². The first-order valence-electron chi connectivity index (χ1n) is 5.33. The highest BCUT2D eigenvalue weighted by Gasteiger charge is 2.23. The minimum Gasteiger partial charge on any atom is -0.450 e. The highest BCUT2D eigenvalue weighted by Crippen LogP contribution is 2.20. The van der Waals surface area contributed by atoms with Gasteiger partial charge in [-0.25, -0.2) is 4.79 Å². The minimum atomic E-state index is -0.203. The number of carbonyl (C=O) groups excluding carboxylic acids is 1. The molecule has 6 heteroatoms. The van der Waals surface area contributed by atoms with Gasteiger partial charge < -0.3 is 15.4 Å². The quantitative estimate of drug-likeness (QED) is 0.794. The van der Waals surface area contributed by atoms with Crippen molar-refractivity contribution in [1.82, 2.24) is 4.90 Å². The Bertz CT molecular complexity index is 243. The fourth-order valence-corrected chi connectivity index (χ4v) is 2.05. The molecule has 0 bridgehead atoms. The highest BCUT2D eigenvalue weighted by atomic mass is 35.5. The van der Waals surface area contributed by atoms with Gasteiger partial charge in [-0.05, 0) is 25.7 Å². The van der Waals surface area contributed by atoms with Gasteiger partial charge in [-0.3, -0.25) is 0 Å². The summed E-state index contributed by atoms with van der Waals surface area (Å²) in [5, 5.41) is 0. The van der Waals surface area contributed by atoms with Crippen LogP contribution in [0.15, 0.2) is 0 Å². The first-order chi connectivity index (χ1) is 7.13. The lowest BCUT2D eigenvalue weighted by molar-refractivity contribution is 0.0925. The molecule has 0 aromatic heterocycles. The summed E-state index contributed by atoms with van der Waals surface area (Å²) in [4.78, 5) is 13.7. The van der Waals surface area contributed by atoms with Crippen molar-refractivity contribution in [2.45, 2.75) is 26.2 Å². The number of rotatable bonds is 3. The van der Waals surface area contributed by atoms with E-state index in [9.17, 15) is 4.79 Å². The lowest BCUT2D eigenvalue weighted by atomic mass is 9.94. The number of amides is 1. The van der Waals surface area contributed by atoms with Crippen LogP contribution in [0.2, 0.25) is 0 Å². The van der Waals surface area contributed by atoms with Gasteiger partial charge in [0, 0.05) is 19.5 Å². The summed E-state index contributed by atoms with van der Waals surface area (Å²) in [6, 6.07) is 0. The Morgan fingerprint density at radius 1 is 1.50 bits per heavy atom. The van der Waals surface area contributed by atoms with Gasteiger partial charge in [0.25, 0.3) is 0 Å². The molecule has 16 heavy (non-hydrogen) atoms. The topological polar surface area (TPSA) is 55.6 Å². The molecule has 4 nitrogen and oxygen atoms in total. The lowest BCUT2D eigenvalue weighted by Crippen LogP contribution is -2.39. The number of hydrogen-bond acceptors (Lipinski definition) is 3. The third-order valence-corrected chi connectivity index (χ3v) is 2.80. The normalized spacial score (nSPS) is 16.4. The second-order valence-electron chi connectivity index (χ2n) is 3.80. The van der Waals surface area contributed by atoms with E-state index in [1.807, 2.05) is 6.92 Å². The third kappa shape index (κ3) is 4.99. The standard InChI is InChI=1S/C10H18N2O2S.ClH/c1-2-14-10(13)12-5-3-8(4-6-12)7-9(11)15;/h8H,2-7H2,1H3,(H2,11,15);1H. The van der Waals surface area contributed by atoms with Gasteiger partial charge in [0.1, 0.15) is 0 Å². The van der Waals surface area contributed by atoms with Crippen LogP contribution in [0.4, 0.5) is 4.79 Å². The van der Waals surface area contributed by atoms with Crippen molar-refractivity contribution in [3.05, 3.63) is 0 Å². The van der Waals surface area contributed by atoms with Gasteiger partial charge >= 0.3 is 6.09 Å². The molecule has 1 heterocycles. The van der Waals surface area contributed by atoms with E-state index < -0.39 is 0 Å². The van der Waals surface area contributed by atoms with Crippen molar-refractivity contribution < 1.29 is 9.53 Å². The molecule has 1 saturated heterocycles. The van der Waals surface area contributed by atoms with Gasteiger partial charge in [-0.15, -0.1) is 12.4 Å². The van der Waals surface area contributed by atoms with Crippen LogP contribution in [0, 0.1) is 5.92 Å². The van der Waals surface area contributed by atoms with Gasteiger partial charge in [0.15, 0.2) is 0 Å². The van der Waals surface area contributed by atoms with Crippen LogP contribution in [0.5, 0.6) is 0 Å². The monoisotopic (exact) mass is 266 g/mol. The number of carbonyl (C=O) groups is 1. The largest absolute Gasteiger partial charge is 0.450 e. The fourth-order valence-electron chi connectivity index (χ4n) is 1.82. The highest BCUT2D eigenvalue weighted by molar-refractivity contribution is 7.80. The van der Waals surface area contributed by atoms with E-state index in [4.69, 9.17) is 22.7 Å². The summed E-state index contributed by atoms with van der Waals surface area (Å²) in [6.45, 7) is 3.77. The first kappa shape index (κ1) is 15.4. The van der Waals surface area contributed by atoms with Crippen LogP contribution in [0.1, 0.15) is 26.2 Å². The molecule has 1 aliphatic rings. The molecule has 1 amide bonds. The third-order valence-electron chi connectivity index (χ3n) is 2.63. The van der Waals surface area contributed by atoms with Crippen LogP contribution < -0.4 is 5.73 Å². The van der Waals surface area contributed by atoms with E-state index in [0.717, 1.165) is 32.4 Å². The molecule has 2 N–H and O–H groups in total. The lowest BCUT2D eigenvalue weighted by Gasteiger charge is -2.30. The Kier molecular flexibility index (Phi) is 7.42. The van der Waals surface area contributed by atoms with Gasteiger partial charge in [-0.2, -0.15) is 0 Å². The molecule has 0 aliphatic carbocycles. The first-order valence-corrected chi connectivity index (χ1v) is 5.74. The number of halogens is 1. The van der Waals surface area contributed by atoms with E-state index >= 15 is 0 Å². The van der Waals surface area contributed by atoms with E-state index in [1.54, 1.807) is 4.90 Å². The van der Waals surface area contributed by atoms with E-state index in [1.165, 1.54) is 0 Å².